The Balaban J connectivity index is -0.000000245. The predicted molar refractivity (Wildman–Crippen MR) is 22.9 cm³/mol. The van der Waals surface area contributed by atoms with E-state index < -0.39 is 15.6 Å². The molecule has 0 saturated heterocycles. The average molecular weight is 173 g/mol. The minimum Gasteiger partial charge on any atom is -0.693 e. The number of rotatable bonds is 0. The molecule has 0 atom stereocenters. The van der Waals surface area contributed by atoms with Gasteiger partial charge in [-0.2, -0.15) is 21.6 Å². The van der Waals surface area contributed by atoms with Gasteiger partial charge in [0.15, 0.2) is 0 Å². The van der Waals surface area contributed by atoms with Gasteiger partial charge in [0.05, 0.1) is 0 Å². The van der Waals surface area contributed by atoms with Crippen molar-refractivity contribution >= 4 is 10.1 Å². The summed E-state index contributed by atoms with van der Waals surface area (Å²) in [5.41, 5.74) is -5.53. The van der Waals surface area contributed by atoms with Crippen LogP contribution in [-0.2, 0) is 10.1 Å². The van der Waals surface area contributed by atoms with E-state index >= 15 is 0 Å². The minimum atomic E-state index is -5.84. The molecule has 0 rings (SSSR count). The van der Waals surface area contributed by atoms with Crippen LogP contribution in [-0.4, -0.2) is 18.5 Å². The van der Waals surface area contributed by atoms with Gasteiger partial charge < -0.3 is 6.15 Å². The van der Waals surface area contributed by atoms with Gasteiger partial charge in [0.2, 0.25) is 0 Å². The number of hydrogen-bond acceptors (Lipinski definition) is 2. The molecule has 0 aliphatic rings. The summed E-state index contributed by atoms with van der Waals surface area (Å²) in [5.74, 6) is 0. The molecule has 0 unspecified atom stereocenters. The first-order valence-electron chi connectivity index (χ1n) is 1.29. The van der Waals surface area contributed by atoms with Gasteiger partial charge in [0.25, 0.3) is 0 Å². The Morgan fingerprint density at radius 1 is 1.20 bits per heavy atom. The fourth-order valence-electron chi connectivity index (χ4n) is 0. The fraction of sp³-hybridized carbons (Fsp3) is 1.00. The van der Waals surface area contributed by atoms with Crippen molar-refractivity contribution in [1.82, 2.24) is 0 Å². The molecule has 3 N–H and O–H groups in total. The van der Waals surface area contributed by atoms with Crippen LogP contribution in [0.4, 0.5) is 13.2 Å². The van der Waals surface area contributed by atoms with Gasteiger partial charge in [-0.05, 0) is 0 Å². The van der Waals surface area contributed by atoms with E-state index in [0.29, 0.717) is 0 Å². The second kappa shape index (κ2) is 4.20. The Kier molecular flexibility index (Phi) is 7.01. The van der Waals surface area contributed by atoms with Crippen LogP contribution in [0.2, 0.25) is 0 Å². The van der Waals surface area contributed by atoms with Gasteiger partial charge in [-0.15, -0.1) is 0 Å². The fourth-order valence-corrected chi connectivity index (χ4v) is 0. The van der Waals surface area contributed by atoms with Crippen LogP contribution in [0.5, 0.6) is 0 Å². The van der Waals surface area contributed by atoms with Gasteiger partial charge in [-0.1, -0.05) is 0 Å². The zero-order valence-corrected chi connectivity index (χ0v) is 5.70. The Hall–Kier alpha value is 0.257. The molecule has 0 aromatic heterocycles. The first-order chi connectivity index (χ1) is 3.25. The second-order valence-electron chi connectivity index (χ2n) is 0.921. The maximum atomic E-state index is 10.7. The Labute approximate surface area is 67.3 Å². The van der Waals surface area contributed by atoms with Crippen molar-refractivity contribution in [3.05, 3.63) is 6.15 Å². The van der Waals surface area contributed by atoms with Crippen LogP contribution in [0.1, 0.15) is 0 Å². The van der Waals surface area contributed by atoms with E-state index in [0.717, 1.165) is 0 Å². The maximum absolute atomic E-state index is 10.7. The monoisotopic (exact) mass is 173 g/mol. The van der Waals surface area contributed by atoms with Crippen LogP contribution in [0, 0.1) is 0 Å². The van der Waals surface area contributed by atoms with Crippen LogP contribution >= 0.6 is 0 Å². The van der Waals surface area contributed by atoms with Gasteiger partial charge in [0, 0.05) is 0 Å². The van der Waals surface area contributed by atoms with E-state index in [1.165, 1.54) is 0 Å². The summed E-state index contributed by atoms with van der Waals surface area (Å²) >= 11 is 0. The van der Waals surface area contributed by atoms with Crippen LogP contribution < -0.4 is 18.9 Å². The predicted octanol–water partition coefficient (Wildman–Crippen LogP) is -1.88. The van der Waals surface area contributed by atoms with Crippen molar-refractivity contribution in [2.24, 2.45) is 0 Å². The molecule has 0 spiro atoms. The third-order valence-corrected chi connectivity index (χ3v) is 0.877. The molecule has 0 aliphatic carbocycles. The summed E-state index contributed by atoms with van der Waals surface area (Å²) < 4.78 is 57.5. The molecule has 0 aliphatic heterocycles. The van der Waals surface area contributed by atoms with Crippen molar-refractivity contribution < 1.29 is 45.0 Å². The topological polar surface area (TPSA) is 87.9 Å². The quantitative estimate of drug-likeness (QED) is 0.264. The van der Waals surface area contributed by atoms with Gasteiger partial charge >= 0.3 is 34.5 Å². The van der Waals surface area contributed by atoms with Gasteiger partial charge in [-0.25, -0.2) is 0 Å². The summed E-state index contributed by atoms with van der Waals surface area (Å²) in [6.45, 7) is 0. The largest absolute Gasteiger partial charge is 1.00 e. The van der Waals surface area contributed by atoms with Gasteiger partial charge in [-0.3, -0.25) is 4.55 Å². The molecular formula is CH3F3LiNO3S. The molecular weight excluding hydrogens is 170 g/mol. The molecule has 0 saturated carbocycles. The minimum absolute atomic E-state index is 0. The number of hydrogen-bond donors (Lipinski definition) is 1. The molecule has 58 valence electrons. The van der Waals surface area contributed by atoms with Gasteiger partial charge in [0.1, 0.15) is 0 Å². The third-order valence-electron chi connectivity index (χ3n) is 0.292. The van der Waals surface area contributed by atoms with Crippen molar-refractivity contribution in [3.8, 4) is 0 Å². The molecule has 0 aromatic rings. The average Bonchev–Trinajstić information content (AvgIpc) is 1.25. The van der Waals surface area contributed by atoms with Crippen LogP contribution in [0.3, 0.4) is 0 Å². The first kappa shape index (κ1) is 16.7. The number of alkyl halides is 3. The Morgan fingerprint density at radius 3 is 1.30 bits per heavy atom. The maximum Gasteiger partial charge on any atom is 1.00 e. The SMILES string of the molecule is O=S(=O)(O)C(F)(F)F.[Li+].[NH2-]. The summed E-state index contributed by atoms with van der Waals surface area (Å²) in [6, 6.07) is 0. The second-order valence-corrected chi connectivity index (χ2v) is 2.33. The molecule has 0 radical (unpaired) electrons. The molecule has 0 heterocycles. The normalized spacial score (nSPS) is 11.2. The van der Waals surface area contributed by atoms with Crippen LogP contribution in [0.25, 0.3) is 6.15 Å². The van der Waals surface area contributed by atoms with Crippen molar-refractivity contribution in [2.75, 3.05) is 0 Å². The van der Waals surface area contributed by atoms with Crippen molar-refractivity contribution in [1.29, 1.82) is 0 Å². The van der Waals surface area contributed by atoms with Crippen LogP contribution in [0.15, 0.2) is 0 Å². The number of nitrogens with two attached hydrogens (primary N) is 1. The van der Waals surface area contributed by atoms with Crippen molar-refractivity contribution in [2.45, 2.75) is 5.51 Å². The van der Waals surface area contributed by atoms with E-state index in [4.69, 9.17) is 13.0 Å². The zero-order chi connectivity index (χ0) is 7.00. The molecule has 9 heteroatoms. The standard InChI is InChI=1S/CHF3O3S.Li.H2N/c2-1(3,4)8(5,6)7;;/h(H,5,6,7);;1H2/q;+1;-1. The summed E-state index contributed by atoms with van der Waals surface area (Å²) in [7, 11) is -5.84. The molecule has 4 nitrogen and oxygen atoms in total. The van der Waals surface area contributed by atoms with Crippen molar-refractivity contribution in [3.63, 3.8) is 0 Å². The molecule has 10 heavy (non-hydrogen) atoms. The first-order valence-corrected chi connectivity index (χ1v) is 2.73. The number of halogens is 3. The Morgan fingerprint density at radius 2 is 1.30 bits per heavy atom. The molecule has 0 bridgehead atoms. The zero-order valence-electron chi connectivity index (χ0n) is 4.88. The molecule has 0 fully saturated rings. The van der Waals surface area contributed by atoms with E-state index in [2.05, 4.69) is 0 Å². The van der Waals surface area contributed by atoms with E-state index in [9.17, 15) is 13.2 Å². The van der Waals surface area contributed by atoms with E-state index in [1.54, 1.807) is 0 Å². The Bertz CT molecular complexity index is 173. The molecule has 0 aromatic carbocycles. The summed E-state index contributed by atoms with van der Waals surface area (Å²) in [5, 5.41) is 0. The smallest absolute Gasteiger partial charge is 0.693 e. The summed E-state index contributed by atoms with van der Waals surface area (Å²) in [4.78, 5) is 0. The molecule has 0 amide bonds. The third kappa shape index (κ3) is 5.07. The van der Waals surface area contributed by atoms with E-state index in [-0.39, 0.29) is 25.0 Å². The summed E-state index contributed by atoms with van der Waals surface area (Å²) in [6.07, 6.45) is 0. The van der Waals surface area contributed by atoms with E-state index in [1.807, 2.05) is 0 Å².